The van der Waals surface area contributed by atoms with E-state index in [1.165, 1.54) is 4.88 Å². The minimum absolute atomic E-state index is 0.686. The second kappa shape index (κ2) is 6.69. The Hall–Kier alpha value is -1.90. The van der Waals surface area contributed by atoms with E-state index in [1.807, 2.05) is 29.6 Å². The summed E-state index contributed by atoms with van der Waals surface area (Å²) in [7, 11) is 0. The van der Waals surface area contributed by atoms with Gasteiger partial charge in [0, 0.05) is 23.1 Å². The van der Waals surface area contributed by atoms with Gasteiger partial charge in [0.2, 0.25) is 5.16 Å². The van der Waals surface area contributed by atoms with Crippen LogP contribution in [0.25, 0.3) is 10.6 Å². The molecule has 0 spiro atoms. The van der Waals surface area contributed by atoms with Gasteiger partial charge in [-0.2, -0.15) is 0 Å². The maximum atomic E-state index is 5.37. The smallest absolute Gasteiger partial charge is 0.208 e. The largest absolute Gasteiger partial charge is 0.355 e. The van der Waals surface area contributed by atoms with Gasteiger partial charge in [-0.05, 0) is 22.9 Å². The lowest BCUT2D eigenvalue weighted by Gasteiger charge is -1.91. The molecule has 0 atom stereocenters. The minimum Gasteiger partial charge on any atom is -0.355 e. The second-order valence-corrected chi connectivity index (χ2v) is 7.69. The Kier molecular flexibility index (Phi) is 4.27. The highest BCUT2D eigenvalue weighted by molar-refractivity contribution is 7.98. The van der Waals surface area contributed by atoms with Gasteiger partial charge in [0.1, 0.15) is 5.82 Å². The number of hydrogen-bond acceptors (Lipinski definition) is 7. The topological polar surface area (TPSA) is 67.6 Å². The maximum Gasteiger partial charge on any atom is 0.208 e. The number of H-pyrrole nitrogens is 1. The highest BCUT2D eigenvalue weighted by atomic mass is 32.2. The Balaban J connectivity index is 1.37. The zero-order chi connectivity index (χ0) is 15.5. The number of aromatic amines is 1. The number of aromatic nitrogens is 4. The van der Waals surface area contributed by atoms with E-state index in [9.17, 15) is 0 Å². The fraction of sp³-hybridized carbons (Fsp3) is 0.133. The van der Waals surface area contributed by atoms with Gasteiger partial charge < -0.3 is 4.52 Å². The third-order valence-corrected chi connectivity index (χ3v) is 5.75. The Morgan fingerprint density at radius 2 is 2.09 bits per heavy atom. The second-order valence-electron chi connectivity index (χ2n) is 4.77. The molecule has 0 aliphatic rings. The SMILES string of the molecule is c1csc(Cc2nc(SCc3cc(-c4cccs4)on3)n[nH]2)c1. The number of thiophene rings is 2. The van der Waals surface area contributed by atoms with Crippen LogP contribution in [0.15, 0.2) is 50.8 Å². The molecule has 0 aliphatic heterocycles. The number of nitrogens with zero attached hydrogens (tertiary/aromatic N) is 3. The van der Waals surface area contributed by atoms with E-state index in [1.54, 1.807) is 34.4 Å². The van der Waals surface area contributed by atoms with Crippen molar-refractivity contribution in [3.8, 4) is 10.6 Å². The molecule has 5 nitrogen and oxygen atoms in total. The van der Waals surface area contributed by atoms with E-state index in [0.29, 0.717) is 5.75 Å². The van der Waals surface area contributed by atoms with Gasteiger partial charge in [0.25, 0.3) is 0 Å². The molecule has 4 aromatic rings. The minimum atomic E-state index is 0.686. The first-order valence-electron chi connectivity index (χ1n) is 6.93. The van der Waals surface area contributed by atoms with Crippen molar-refractivity contribution in [2.45, 2.75) is 17.3 Å². The lowest BCUT2D eigenvalue weighted by atomic mass is 10.3. The third kappa shape index (κ3) is 3.54. The van der Waals surface area contributed by atoms with Crippen molar-refractivity contribution in [2.75, 3.05) is 0 Å². The van der Waals surface area contributed by atoms with Gasteiger partial charge in [-0.25, -0.2) is 4.98 Å². The molecule has 8 heteroatoms. The molecular weight excluding hydrogens is 348 g/mol. The van der Waals surface area contributed by atoms with Crippen molar-refractivity contribution in [1.29, 1.82) is 0 Å². The van der Waals surface area contributed by atoms with Crippen molar-refractivity contribution >= 4 is 34.4 Å². The van der Waals surface area contributed by atoms with E-state index < -0.39 is 0 Å². The lowest BCUT2D eigenvalue weighted by Crippen LogP contribution is -1.87. The summed E-state index contributed by atoms with van der Waals surface area (Å²) in [6, 6.07) is 10.1. The molecule has 23 heavy (non-hydrogen) atoms. The van der Waals surface area contributed by atoms with Gasteiger partial charge in [-0.3, -0.25) is 5.10 Å². The first-order valence-corrected chi connectivity index (χ1v) is 9.67. The predicted molar refractivity (Wildman–Crippen MR) is 92.9 cm³/mol. The monoisotopic (exact) mass is 360 g/mol. The molecule has 4 heterocycles. The van der Waals surface area contributed by atoms with E-state index in [-0.39, 0.29) is 0 Å². The molecule has 0 saturated carbocycles. The van der Waals surface area contributed by atoms with Crippen LogP contribution in [-0.2, 0) is 12.2 Å². The normalized spacial score (nSPS) is 11.1. The molecule has 0 amide bonds. The average molecular weight is 360 g/mol. The summed E-state index contributed by atoms with van der Waals surface area (Å²) in [6.45, 7) is 0. The average Bonchev–Trinajstić information content (AvgIpc) is 3.33. The number of thioether (sulfide) groups is 1. The van der Waals surface area contributed by atoms with Gasteiger partial charge in [0.15, 0.2) is 5.76 Å². The molecule has 0 bridgehead atoms. The summed E-state index contributed by atoms with van der Waals surface area (Å²) in [5.41, 5.74) is 0.892. The quantitative estimate of drug-likeness (QED) is 0.514. The molecular formula is C15H12N4OS3. The molecule has 1 N–H and O–H groups in total. The van der Waals surface area contributed by atoms with Crippen LogP contribution < -0.4 is 0 Å². The summed E-state index contributed by atoms with van der Waals surface area (Å²) in [5, 5.41) is 16.2. The zero-order valence-electron chi connectivity index (χ0n) is 11.9. The Morgan fingerprint density at radius 1 is 1.17 bits per heavy atom. The van der Waals surface area contributed by atoms with Crippen molar-refractivity contribution in [3.63, 3.8) is 0 Å². The fourth-order valence-electron chi connectivity index (χ4n) is 2.05. The Morgan fingerprint density at radius 3 is 2.91 bits per heavy atom. The van der Waals surface area contributed by atoms with Crippen LogP contribution >= 0.6 is 34.4 Å². The number of rotatable bonds is 6. The first kappa shape index (κ1) is 14.7. The van der Waals surface area contributed by atoms with E-state index in [0.717, 1.165) is 33.7 Å². The van der Waals surface area contributed by atoms with Crippen molar-refractivity contribution in [2.24, 2.45) is 0 Å². The maximum absolute atomic E-state index is 5.37. The Labute approximate surface area is 144 Å². The fourth-order valence-corrected chi connectivity index (χ4v) is 4.13. The highest BCUT2D eigenvalue weighted by Crippen LogP contribution is 2.27. The first-order chi connectivity index (χ1) is 11.4. The van der Waals surface area contributed by atoms with Crippen LogP contribution in [0, 0.1) is 0 Å². The predicted octanol–water partition coefficient (Wildman–Crippen LogP) is 4.47. The van der Waals surface area contributed by atoms with Crippen LogP contribution in [0.5, 0.6) is 0 Å². The van der Waals surface area contributed by atoms with E-state index in [2.05, 4.69) is 31.8 Å². The molecule has 0 aromatic carbocycles. The van der Waals surface area contributed by atoms with Crippen LogP contribution in [0.4, 0.5) is 0 Å². The van der Waals surface area contributed by atoms with Crippen molar-refractivity contribution in [3.05, 3.63) is 57.5 Å². The molecule has 0 saturated heterocycles. The van der Waals surface area contributed by atoms with E-state index in [4.69, 9.17) is 4.52 Å². The third-order valence-electron chi connectivity index (χ3n) is 3.11. The lowest BCUT2D eigenvalue weighted by molar-refractivity contribution is 0.427. The standard InChI is InChI=1S/C15H12N4OS3/c1-3-11(21-5-1)8-14-16-15(18-17-14)23-9-10-7-12(20-19-10)13-4-2-6-22-13/h1-7H,8-9H2,(H,16,17,18). The number of hydrogen-bond donors (Lipinski definition) is 1. The van der Waals surface area contributed by atoms with Crippen LogP contribution in [0.1, 0.15) is 16.4 Å². The molecule has 0 radical (unpaired) electrons. The van der Waals surface area contributed by atoms with Gasteiger partial charge in [0.05, 0.1) is 10.6 Å². The summed E-state index contributed by atoms with van der Waals surface area (Å²) >= 11 is 4.91. The van der Waals surface area contributed by atoms with Gasteiger partial charge in [-0.1, -0.05) is 29.1 Å². The van der Waals surface area contributed by atoms with Crippen LogP contribution in [0.3, 0.4) is 0 Å². The summed E-state index contributed by atoms with van der Waals surface area (Å²) < 4.78 is 5.37. The Bertz CT molecular complexity index is 864. The molecule has 4 aromatic heterocycles. The van der Waals surface area contributed by atoms with Crippen LogP contribution in [-0.4, -0.2) is 20.3 Å². The summed E-state index contributed by atoms with van der Waals surface area (Å²) in [4.78, 5) is 6.86. The molecule has 0 fully saturated rings. The van der Waals surface area contributed by atoms with Crippen molar-refractivity contribution in [1.82, 2.24) is 20.3 Å². The zero-order valence-corrected chi connectivity index (χ0v) is 14.4. The molecule has 0 unspecified atom stereocenters. The van der Waals surface area contributed by atoms with Crippen LogP contribution in [0.2, 0.25) is 0 Å². The summed E-state index contributed by atoms with van der Waals surface area (Å²) in [6.07, 6.45) is 0.789. The van der Waals surface area contributed by atoms with Crippen molar-refractivity contribution < 1.29 is 4.52 Å². The van der Waals surface area contributed by atoms with E-state index >= 15 is 0 Å². The van der Waals surface area contributed by atoms with Gasteiger partial charge in [-0.15, -0.1) is 27.8 Å². The number of nitrogens with one attached hydrogen (secondary N) is 1. The summed E-state index contributed by atoms with van der Waals surface area (Å²) in [5.74, 6) is 2.38. The molecule has 116 valence electrons. The molecule has 4 rings (SSSR count). The highest BCUT2D eigenvalue weighted by Gasteiger charge is 2.10. The molecule has 0 aliphatic carbocycles. The van der Waals surface area contributed by atoms with Gasteiger partial charge >= 0.3 is 0 Å².